The van der Waals surface area contributed by atoms with Crippen LogP contribution < -0.4 is 5.49 Å². The van der Waals surface area contributed by atoms with Gasteiger partial charge in [-0.05, 0) is 36.8 Å². The quantitative estimate of drug-likeness (QED) is 0.414. The number of halogens is 1. The van der Waals surface area contributed by atoms with E-state index in [2.05, 4.69) is 10.1 Å². The molecule has 0 bridgehead atoms. The summed E-state index contributed by atoms with van der Waals surface area (Å²) in [6.45, 7) is 3.63. The Morgan fingerprint density at radius 2 is 2.04 bits per heavy atom. The lowest BCUT2D eigenvalue weighted by atomic mass is 9.97. The molecule has 0 amide bonds. The molecule has 0 radical (unpaired) electrons. The van der Waals surface area contributed by atoms with Crippen LogP contribution in [-0.4, -0.2) is 20.5 Å². The molecule has 1 unspecified atom stereocenters. The van der Waals surface area contributed by atoms with Gasteiger partial charge in [0.25, 0.3) is 0 Å². The summed E-state index contributed by atoms with van der Waals surface area (Å²) < 4.78 is 20.8. The van der Waals surface area contributed by atoms with Gasteiger partial charge in [-0.1, -0.05) is 24.2 Å². The van der Waals surface area contributed by atoms with Crippen molar-refractivity contribution in [2.75, 3.05) is 0 Å². The third kappa shape index (κ3) is 3.11. The number of benzene rings is 1. The van der Waals surface area contributed by atoms with Gasteiger partial charge >= 0.3 is 0 Å². The SMILES string of the molecule is Cc1cc(-c2cc(F)c(=N)n(C(=N)C(C)c3ccc4ncccc4c3)c2)on1. The largest absolute Gasteiger partial charge is 0.356 e. The number of fused-ring (bicyclic) bond motifs is 1. The van der Waals surface area contributed by atoms with Crippen LogP contribution in [0.2, 0.25) is 0 Å². The summed E-state index contributed by atoms with van der Waals surface area (Å²) in [5, 5.41) is 21.4. The van der Waals surface area contributed by atoms with Crippen molar-refractivity contribution in [3.05, 3.63) is 77.4 Å². The summed E-state index contributed by atoms with van der Waals surface area (Å²) in [5.41, 5.74) is 2.48. The van der Waals surface area contributed by atoms with Crippen molar-refractivity contribution in [1.29, 1.82) is 10.8 Å². The molecule has 4 aromatic rings. The van der Waals surface area contributed by atoms with Crippen molar-refractivity contribution in [3.63, 3.8) is 0 Å². The number of hydrogen-bond donors (Lipinski definition) is 2. The first kappa shape index (κ1) is 17.8. The minimum absolute atomic E-state index is 0.0882. The average Bonchev–Trinajstić information content (AvgIpc) is 3.14. The lowest BCUT2D eigenvalue weighted by molar-refractivity contribution is 0.426. The molecule has 0 saturated carbocycles. The first-order valence-corrected chi connectivity index (χ1v) is 8.78. The van der Waals surface area contributed by atoms with Gasteiger partial charge in [-0.2, -0.15) is 0 Å². The van der Waals surface area contributed by atoms with Crippen molar-refractivity contribution < 1.29 is 8.91 Å². The van der Waals surface area contributed by atoms with Crippen LogP contribution in [0, 0.1) is 23.6 Å². The summed E-state index contributed by atoms with van der Waals surface area (Å²) in [4.78, 5) is 4.30. The molecule has 0 spiro atoms. The molecular formula is C21H18FN5O. The van der Waals surface area contributed by atoms with E-state index in [4.69, 9.17) is 15.3 Å². The topological polar surface area (TPSA) is 91.6 Å². The maximum absolute atomic E-state index is 14.4. The van der Waals surface area contributed by atoms with Crippen molar-refractivity contribution in [1.82, 2.24) is 14.7 Å². The highest BCUT2D eigenvalue weighted by Gasteiger charge is 2.18. The van der Waals surface area contributed by atoms with Gasteiger partial charge in [0.2, 0.25) is 0 Å². The third-order valence-electron chi connectivity index (χ3n) is 4.73. The predicted octanol–water partition coefficient (Wildman–Crippen LogP) is 4.25. The van der Waals surface area contributed by atoms with Crippen molar-refractivity contribution in [3.8, 4) is 11.3 Å². The van der Waals surface area contributed by atoms with E-state index in [0.717, 1.165) is 16.5 Å². The lowest BCUT2D eigenvalue weighted by Gasteiger charge is -2.17. The fourth-order valence-corrected chi connectivity index (χ4v) is 3.12. The first-order chi connectivity index (χ1) is 13.4. The first-order valence-electron chi connectivity index (χ1n) is 8.78. The van der Waals surface area contributed by atoms with Gasteiger partial charge < -0.3 is 4.52 Å². The Kier molecular flexibility index (Phi) is 4.35. The highest BCUT2D eigenvalue weighted by molar-refractivity contribution is 5.90. The summed E-state index contributed by atoms with van der Waals surface area (Å²) in [7, 11) is 0. The molecule has 28 heavy (non-hydrogen) atoms. The highest BCUT2D eigenvalue weighted by atomic mass is 19.1. The van der Waals surface area contributed by atoms with Crippen molar-refractivity contribution >= 4 is 16.7 Å². The Morgan fingerprint density at radius 1 is 1.21 bits per heavy atom. The molecule has 0 aliphatic rings. The average molecular weight is 375 g/mol. The van der Waals surface area contributed by atoms with Crippen molar-refractivity contribution in [2.45, 2.75) is 19.8 Å². The van der Waals surface area contributed by atoms with Crippen LogP contribution in [0.15, 0.2) is 59.4 Å². The van der Waals surface area contributed by atoms with E-state index >= 15 is 0 Å². The molecular weight excluding hydrogens is 357 g/mol. The zero-order valence-corrected chi connectivity index (χ0v) is 15.4. The molecule has 0 aliphatic heterocycles. The van der Waals surface area contributed by atoms with Crippen LogP contribution in [0.3, 0.4) is 0 Å². The summed E-state index contributed by atoms with van der Waals surface area (Å²) in [6, 6.07) is 12.5. The Bertz CT molecular complexity index is 1260. The maximum atomic E-state index is 14.4. The van der Waals surface area contributed by atoms with Crippen LogP contribution in [0.5, 0.6) is 0 Å². The third-order valence-corrected chi connectivity index (χ3v) is 4.73. The summed E-state index contributed by atoms with van der Waals surface area (Å²) >= 11 is 0. The number of aryl methyl sites for hydroxylation is 1. The molecule has 140 valence electrons. The monoisotopic (exact) mass is 375 g/mol. The number of rotatable bonds is 3. The smallest absolute Gasteiger partial charge is 0.168 e. The molecule has 6 nitrogen and oxygen atoms in total. The van der Waals surface area contributed by atoms with Gasteiger partial charge in [-0.15, -0.1) is 0 Å². The Hall–Kier alpha value is -3.61. The lowest BCUT2D eigenvalue weighted by Crippen LogP contribution is -2.31. The zero-order chi connectivity index (χ0) is 19.8. The molecule has 3 heterocycles. The van der Waals surface area contributed by atoms with Crippen LogP contribution in [0.25, 0.3) is 22.2 Å². The van der Waals surface area contributed by atoms with Gasteiger partial charge in [0.05, 0.1) is 11.2 Å². The fourth-order valence-electron chi connectivity index (χ4n) is 3.12. The zero-order valence-electron chi connectivity index (χ0n) is 15.4. The van der Waals surface area contributed by atoms with Gasteiger partial charge in [0.15, 0.2) is 17.1 Å². The second-order valence-corrected chi connectivity index (χ2v) is 6.69. The Labute approximate surface area is 160 Å². The molecule has 0 aliphatic carbocycles. The van der Waals surface area contributed by atoms with Crippen LogP contribution >= 0.6 is 0 Å². The van der Waals surface area contributed by atoms with E-state index in [1.807, 2.05) is 37.3 Å². The molecule has 7 heteroatoms. The van der Waals surface area contributed by atoms with E-state index in [0.29, 0.717) is 17.0 Å². The summed E-state index contributed by atoms with van der Waals surface area (Å²) in [6.07, 6.45) is 3.27. The van der Waals surface area contributed by atoms with Crippen molar-refractivity contribution in [2.24, 2.45) is 0 Å². The molecule has 3 aromatic heterocycles. The molecule has 0 fully saturated rings. The number of nitrogens with one attached hydrogen (secondary N) is 2. The second-order valence-electron chi connectivity index (χ2n) is 6.69. The number of aromatic nitrogens is 3. The second kappa shape index (κ2) is 6.84. The molecule has 4 rings (SSSR count). The van der Waals surface area contributed by atoms with E-state index in [9.17, 15) is 4.39 Å². The Morgan fingerprint density at radius 3 is 2.79 bits per heavy atom. The Balaban J connectivity index is 1.75. The molecule has 2 N–H and O–H groups in total. The molecule has 0 saturated heterocycles. The van der Waals surface area contributed by atoms with Crippen LogP contribution in [-0.2, 0) is 0 Å². The number of hydrogen-bond acceptors (Lipinski definition) is 5. The molecule has 1 atom stereocenters. The van der Waals surface area contributed by atoms with Gasteiger partial charge in [0, 0.05) is 35.3 Å². The fraction of sp³-hybridized carbons (Fsp3) is 0.143. The van der Waals surface area contributed by atoms with Crippen LogP contribution in [0.1, 0.15) is 24.1 Å². The minimum atomic E-state index is -0.730. The van der Waals surface area contributed by atoms with E-state index in [-0.39, 0.29) is 17.2 Å². The van der Waals surface area contributed by atoms with Gasteiger partial charge in [-0.25, -0.2) is 4.39 Å². The van der Waals surface area contributed by atoms with Gasteiger partial charge in [0.1, 0.15) is 5.84 Å². The standard InChI is InChI=1S/C21H18FN5O/c1-12-8-19(28-26-12)16-10-17(22)21(24)27(11-16)20(23)13(2)14-5-6-18-15(9-14)4-3-7-25-18/h3-11,13,23-24H,1-2H3. The van der Waals surface area contributed by atoms with Crippen LogP contribution in [0.4, 0.5) is 4.39 Å². The predicted molar refractivity (Wildman–Crippen MR) is 104 cm³/mol. The number of nitrogens with zero attached hydrogens (tertiary/aromatic N) is 3. The summed E-state index contributed by atoms with van der Waals surface area (Å²) in [5.74, 6) is -0.608. The molecule has 1 aromatic carbocycles. The maximum Gasteiger partial charge on any atom is 0.168 e. The normalized spacial score (nSPS) is 12.2. The van der Waals surface area contributed by atoms with E-state index < -0.39 is 5.82 Å². The highest BCUT2D eigenvalue weighted by Crippen LogP contribution is 2.24. The van der Waals surface area contributed by atoms with E-state index in [1.54, 1.807) is 19.2 Å². The number of pyridine rings is 2. The van der Waals surface area contributed by atoms with Gasteiger partial charge in [-0.3, -0.25) is 20.4 Å². The van der Waals surface area contributed by atoms with E-state index in [1.165, 1.54) is 16.8 Å². The minimum Gasteiger partial charge on any atom is -0.356 e.